The summed E-state index contributed by atoms with van der Waals surface area (Å²) in [6.07, 6.45) is 0.374. The summed E-state index contributed by atoms with van der Waals surface area (Å²) in [4.78, 5) is 26.3. The topological polar surface area (TPSA) is 58.6 Å². The molecule has 5 nitrogen and oxygen atoms in total. The Balaban J connectivity index is 1.73. The molecule has 3 rings (SSSR count). The molecule has 1 N–H and O–H groups in total. The van der Waals surface area contributed by atoms with Crippen molar-refractivity contribution in [2.24, 2.45) is 0 Å². The minimum Gasteiger partial charge on any atom is -0.492 e. The number of hydrogen-bond donors (Lipinski definition) is 1. The summed E-state index contributed by atoms with van der Waals surface area (Å²) in [6, 6.07) is 14.3. The summed E-state index contributed by atoms with van der Waals surface area (Å²) in [5, 5.41) is 2.76. The molecule has 3 amide bonds. The number of rotatable bonds is 6. The van der Waals surface area contributed by atoms with Gasteiger partial charge in [-0.25, -0.2) is 9.18 Å². The van der Waals surface area contributed by atoms with Crippen molar-refractivity contribution in [1.29, 1.82) is 0 Å². The fourth-order valence-electron chi connectivity index (χ4n) is 2.97. The smallest absolute Gasteiger partial charge is 0.325 e. The maximum atomic E-state index is 13.2. The highest BCUT2D eigenvalue weighted by Crippen LogP contribution is 2.32. The van der Waals surface area contributed by atoms with Gasteiger partial charge in [-0.2, -0.15) is 0 Å². The van der Waals surface area contributed by atoms with Gasteiger partial charge < -0.3 is 10.1 Å². The Bertz CT molecular complexity index is 764. The number of para-hydroxylation sites is 1. The molecule has 1 saturated heterocycles. The number of imide groups is 1. The third-order valence-corrected chi connectivity index (χ3v) is 4.37. The second-order valence-corrected chi connectivity index (χ2v) is 5.81. The largest absolute Gasteiger partial charge is 0.492 e. The number of amides is 3. The lowest BCUT2D eigenvalue weighted by atomic mass is 9.87. The summed E-state index contributed by atoms with van der Waals surface area (Å²) in [5.74, 6) is -0.0574. The van der Waals surface area contributed by atoms with Crippen LogP contribution in [0.15, 0.2) is 54.6 Å². The molecule has 0 unspecified atom stereocenters. The van der Waals surface area contributed by atoms with Crippen LogP contribution in [-0.4, -0.2) is 30.0 Å². The van der Waals surface area contributed by atoms with Crippen molar-refractivity contribution in [3.63, 3.8) is 0 Å². The monoisotopic (exact) mass is 342 g/mol. The molecule has 1 aliphatic rings. The van der Waals surface area contributed by atoms with Crippen molar-refractivity contribution >= 4 is 11.9 Å². The summed E-state index contributed by atoms with van der Waals surface area (Å²) in [6.45, 7) is 2.15. The van der Waals surface area contributed by atoms with Gasteiger partial charge in [-0.3, -0.25) is 9.69 Å². The molecular formula is C19H19FN2O3. The van der Waals surface area contributed by atoms with Crippen LogP contribution in [0.25, 0.3) is 0 Å². The Morgan fingerprint density at radius 1 is 1.08 bits per heavy atom. The van der Waals surface area contributed by atoms with Crippen LogP contribution in [0, 0.1) is 5.82 Å². The molecule has 0 radical (unpaired) electrons. The SMILES string of the molecule is CC[C@@]1(c2ccc(F)cc2)NC(=O)N(CCOc2ccccc2)C1=O. The lowest BCUT2D eigenvalue weighted by Gasteiger charge is -2.25. The van der Waals surface area contributed by atoms with E-state index >= 15 is 0 Å². The Labute approximate surface area is 145 Å². The number of carbonyl (C=O) groups is 2. The number of hydrogen-bond acceptors (Lipinski definition) is 3. The lowest BCUT2D eigenvalue weighted by Crippen LogP contribution is -2.43. The molecule has 1 fully saturated rings. The average Bonchev–Trinajstić information content (AvgIpc) is 2.88. The minimum atomic E-state index is -1.16. The zero-order valence-corrected chi connectivity index (χ0v) is 13.9. The van der Waals surface area contributed by atoms with Crippen LogP contribution >= 0.6 is 0 Å². The molecule has 0 spiro atoms. The number of ether oxygens (including phenoxy) is 1. The van der Waals surface area contributed by atoms with E-state index in [1.807, 2.05) is 25.1 Å². The third kappa shape index (κ3) is 3.20. The van der Waals surface area contributed by atoms with E-state index in [2.05, 4.69) is 5.32 Å². The van der Waals surface area contributed by atoms with Crippen LogP contribution in [0.4, 0.5) is 9.18 Å². The van der Waals surface area contributed by atoms with Gasteiger partial charge in [-0.1, -0.05) is 37.3 Å². The molecule has 0 aromatic heterocycles. The standard InChI is InChI=1S/C19H19FN2O3/c1-2-19(14-8-10-15(20)11-9-14)17(23)22(18(24)21-19)12-13-25-16-6-4-3-5-7-16/h3-11H,2,12-13H2,1H3,(H,21,24)/t19-/m0/s1. The van der Waals surface area contributed by atoms with E-state index in [0.29, 0.717) is 17.7 Å². The molecule has 0 saturated carbocycles. The highest BCUT2D eigenvalue weighted by Gasteiger charge is 2.51. The molecule has 1 heterocycles. The van der Waals surface area contributed by atoms with Gasteiger partial charge in [0.15, 0.2) is 0 Å². The maximum absolute atomic E-state index is 13.2. The Morgan fingerprint density at radius 3 is 2.40 bits per heavy atom. The van der Waals surface area contributed by atoms with Crippen molar-refractivity contribution in [2.45, 2.75) is 18.9 Å². The second kappa shape index (κ2) is 6.93. The van der Waals surface area contributed by atoms with E-state index < -0.39 is 11.6 Å². The van der Waals surface area contributed by atoms with Crippen LogP contribution in [0.3, 0.4) is 0 Å². The molecule has 2 aromatic rings. The lowest BCUT2D eigenvalue weighted by molar-refractivity contribution is -0.132. The molecule has 0 bridgehead atoms. The van der Waals surface area contributed by atoms with Gasteiger partial charge in [0.1, 0.15) is 23.7 Å². The van der Waals surface area contributed by atoms with Crippen molar-refractivity contribution in [3.05, 3.63) is 66.0 Å². The molecule has 6 heteroatoms. The van der Waals surface area contributed by atoms with Gasteiger partial charge in [0, 0.05) is 0 Å². The van der Waals surface area contributed by atoms with Crippen molar-refractivity contribution < 1.29 is 18.7 Å². The summed E-state index contributed by atoms with van der Waals surface area (Å²) >= 11 is 0. The van der Waals surface area contributed by atoms with Gasteiger partial charge in [0.05, 0.1) is 6.54 Å². The quantitative estimate of drug-likeness (QED) is 0.821. The van der Waals surface area contributed by atoms with Crippen LogP contribution < -0.4 is 10.1 Å². The van der Waals surface area contributed by atoms with E-state index in [1.165, 1.54) is 24.3 Å². The fourth-order valence-corrected chi connectivity index (χ4v) is 2.97. The molecular weight excluding hydrogens is 323 g/mol. The Hall–Kier alpha value is -2.89. The normalized spacial score (nSPS) is 19.8. The number of urea groups is 1. The third-order valence-electron chi connectivity index (χ3n) is 4.37. The molecule has 1 aliphatic heterocycles. The van der Waals surface area contributed by atoms with Crippen LogP contribution in [-0.2, 0) is 10.3 Å². The van der Waals surface area contributed by atoms with E-state index in [1.54, 1.807) is 12.1 Å². The van der Waals surface area contributed by atoms with Gasteiger partial charge in [-0.15, -0.1) is 0 Å². The number of nitrogens with one attached hydrogen (secondary N) is 1. The van der Waals surface area contributed by atoms with Crippen molar-refractivity contribution in [3.8, 4) is 5.75 Å². The first-order valence-electron chi connectivity index (χ1n) is 8.15. The van der Waals surface area contributed by atoms with Crippen LogP contribution in [0.5, 0.6) is 5.75 Å². The van der Waals surface area contributed by atoms with Crippen molar-refractivity contribution in [1.82, 2.24) is 10.2 Å². The van der Waals surface area contributed by atoms with Gasteiger partial charge in [-0.05, 0) is 36.2 Å². The number of carbonyl (C=O) groups excluding carboxylic acids is 2. The average molecular weight is 342 g/mol. The van der Waals surface area contributed by atoms with Gasteiger partial charge >= 0.3 is 6.03 Å². The molecule has 25 heavy (non-hydrogen) atoms. The van der Waals surface area contributed by atoms with E-state index in [9.17, 15) is 14.0 Å². The predicted molar refractivity (Wildman–Crippen MR) is 90.6 cm³/mol. The number of nitrogens with zero attached hydrogens (tertiary/aromatic N) is 1. The zero-order chi connectivity index (χ0) is 17.9. The van der Waals surface area contributed by atoms with E-state index in [0.717, 1.165) is 4.90 Å². The first-order chi connectivity index (χ1) is 12.1. The van der Waals surface area contributed by atoms with Gasteiger partial charge in [0.25, 0.3) is 5.91 Å². The highest BCUT2D eigenvalue weighted by atomic mass is 19.1. The fraction of sp³-hybridized carbons (Fsp3) is 0.263. The number of halogens is 1. The molecule has 1 atom stereocenters. The summed E-state index contributed by atoms with van der Waals surface area (Å²) in [7, 11) is 0. The van der Waals surface area contributed by atoms with Gasteiger partial charge in [0.2, 0.25) is 0 Å². The molecule has 130 valence electrons. The highest BCUT2D eigenvalue weighted by molar-refractivity contribution is 6.07. The van der Waals surface area contributed by atoms with E-state index in [4.69, 9.17) is 4.74 Å². The first kappa shape index (κ1) is 17.0. The van der Waals surface area contributed by atoms with E-state index in [-0.39, 0.29) is 24.9 Å². The first-order valence-corrected chi connectivity index (χ1v) is 8.15. The summed E-state index contributed by atoms with van der Waals surface area (Å²) < 4.78 is 18.7. The molecule has 2 aromatic carbocycles. The van der Waals surface area contributed by atoms with Crippen LogP contribution in [0.1, 0.15) is 18.9 Å². The minimum absolute atomic E-state index is 0.141. The maximum Gasteiger partial charge on any atom is 0.325 e. The van der Waals surface area contributed by atoms with Crippen LogP contribution in [0.2, 0.25) is 0 Å². The second-order valence-electron chi connectivity index (χ2n) is 5.81. The molecule has 0 aliphatic carbocycles. The van der Waals surface area contributed by atoms with Crippen molar-refractivity contribution in [2.75, 3.05) is 13.2 Å². The predicted octanol–water partition coefficient (Wildman–Crippen LogP) is 3.06. The Kier molecular flexibility index (Phi) is 4.70. The zero-order valence-electron chi connectivity index (χ0n) is 13.9. The summed E-state index contributed by atoms with van der Waals surface area (Å²) in [5.41, 5.74) is -0.585. The number of benzene rings is 2. The Morgan fingerprint density at radius 2 is 1.76 bits per heavy atom.